The van der Waals surface area contributed by atoms with Gasteiger partial charge in [0.1, 0.15) is 5.82 Å². The van der Waals surface area contributed by atoms with Crippen LogP contribution in [0.3, 0.4) is 0 Å². The molecule has 0 saturated heterocycles. The minimum absolute atomic E-state index is 0.0706. The maximum atomic E-state index is 12.9. The van der Waals surface area contributed by atoms with E-state index in [0.29, 0.717) is 23.4 Å². The molecule has 29 heavy (non-hydrogen) atoms. The third kappa shape index (κ3) is 7.57. The van der Waals surface area contributed by atoms with E-state index in [4.69, 9.17) is 4.74 Å². The summed E-state index contributed by atoms with van der Waals surface area (Å²) in [4.78, 5) is 38.1. The van der Waals surface area contributed by atoms with Gasteiger partial charge in [-0.25, -0.2) is 9.18 Å². The molecule has 0 aliphatic carbocycles. The smallest absolute Gasteiger partial charge is 0.339 e. The SMILES string of the molecule is CN(C)C(=O)CSc1ccccc1C(=O)OCC(=O)NCCc1ccc(F)cc1. The largest absolute Gasteiger partial charge is 0.452 e. The monoisotopic (exact) mass is 418 g/mol. The van der Waals surface area contributed by atoms with Crippen LogP contribution in [0.5, 0.6) is 0 Å². The van der Waals surface area contributed by atoms with E-state index in [1.54, 1.807) is 50.5 Å². The van der Waals surface area contributed by atoms with Crippen molar-refractivity contribution in [3.05, 3.63) is 65.5 Å². The molecule has 0 bridgehead atoms. The van der Waals surface area contributed by atoms with Gasteiger partial charge in [-0.15, -0.1) is 11.8 Å². The Bertz CT molecular complexity index is 856. The van der Waals surface area contributed by atoms with Crippen molar-refractivity contribution in [2.45, 2.75) is 11.3 Å². The molecule has 0 aliphatic heterocycles. The van der Waals surface area contributed by atoms with E-state index in [1.165, 1.54) is 28.8 Å². The summed E-state index contributed by atoms with van der Waals surface area (Å²) >= 11 is 1.24. The van der Waals surface area contributed by atoms with Gasteiger partial charge >= 0.3 is 5.97 Å². The highest BCUT2D eigenvalue weighted by Crippen LogP contribution is 2.23. The van der Waals surface area contributed by atoms with E-state index < -0.39 is 18.5 Å². The Hall–Kier alpha value is -2.87. The molecule has 2 amide bonds. The van der Waals surface area contributed by atoms with Gasteiger partial charge in [0.15, 0.2) is 6.61 Å². The lowest BCUT2D eigenvalue weighted by atomic mass is 10.1. The molecule has 0 aromatic heterocycles. The van der Waals surface area contributed by atoms with E-state index in [2.05, 4.69) is 5.32 Å². The molecule has 154 valence electrons. The summed E-state index contributed by atoms with van der Waals surface area (Å²) in [5.41, 5.74) is 1.20. The maximum absolute atomic E-state index is 12.9. The fourth-order valence-electron chi connectivity index (χ4n) is 2.29. The van der Waals surface area contributed by atoms with Crippen LogP contribution in [0.2, 0.25) is 0 Å². The van der Waals surface area contributed by atoms with Crippen LogP contribution in [-0.2, 0) is 20.7 Å². The van der Waals surface area contributed by atoms with Crippen molar-refractivity contribution in [3.63, 3.8) is 0 Å². The topological polar surface area (TPSA) is 75.7 Å². The van der Waals surface area contributed by atoms with Crippen LogP contribution in [0, 0.1) is 5.82 Å². The van der Waals surface area contributed by atoms with Crippen LogP contribution in [-0.4, -0.2) is 55.7 Å². The third-order valence-electron chi connectivity index (χ3n) is 3.94. The number of nitrogens with one attached hydrogen (secondary N) is 1. The Morgan fingerprint density at radius 2 is 1.76 bits per heavy atom. The lowest BCUT2D eigenvalue weighted by Crippen LogP contribution is -2.30. The maximum Gasteiger partial charge on any atom is 0.339 e. The summed E-state index contributed by atoms with van der Waals surface area (Å²) < 4.78 is 18.0. The average Bonchev–Trinajstić information content (AvgIpc) is 2.71. The van der Waals surface area contributed by atoms with Gasteiger partial charge in [0.05, 0.1) is 11.3 Å². The van der Waals surface area contributed by atoms with E-state index in [9.17, 15) is 18.8 Å². The summed E-state index contributed by atoms with van der Waals surface area (Å²) in [6, 6.07) is 12.8. The van der Waals surface area contributed by atoms with Gasteiger partial charge in [-0.1, -0.05) is 24.3 Å². The zero-order valence-electron chi connectivity index (χ0n) is 16.3. The lowest BCUT2D eigenvalue weighted by molar-refractivity contribution is -0.126. The zero-order valence-corrected chi connectivity index (χ0v) is 17.1. The van der Waals surface area contributed by atoms with Crippen molar-refractivity contribution in [2.24, 2.45) is 0 Å². The molecule has 0 spiro atoms. The second-order valence-electron chi connectivity index (χ2n) is 6.38. The Balaban J connectivity index is 1.80. The fourth-order valence-corrected chi connectivity index (χ4v) is 3.31. The molecule has 2 aromatic carbocycles. The second-order valence-corrected chi connectivity index (χ2v) is 7.39. The molecule has 0 atom stereocenters. The number of esters is 1. The van der Waals surface area contributed by atoms with Gasteiger partial charge < -0.3 is 15.0 Å². The Kier molecular flexibility index (Phi) is 8.67. The molecular formula is C21H23FN2O4S. The number of ether oxygens (including phenoxy) is 1. The number of carbonyl (C=O) groups excluding carboxylic acids is 3. The van der Waals surface area contributed by atoms with Crippen LogP contribution in [0.1, 0.15) is 15.9 Å². The Morgan fingerprint density at radius 1 is 1.07 bits per heavy atom. The van der Waals surface area contributed by atoms with E-state index in [-0.39, 0.29) is 17.5 Å². The molecular weight excluding hydrogens is 395 g/mol. The summed E-state index contributed by atoms with van der Waals surface area (Å²) in [7, 11) is 3.33. The Morgan fingerprint density at radius 3 is 2.45 bits per heavy atom. The zero-order chi connectivity index (χ0) is 21.2. The first-order valence-electron chi connectivity index (χ1n) is 8.97. The molecule has 2 rings (SSSR count). The fraction of sp³-hybridized carbons (Fsp3) is 0.286. The first-order chi connectivity index (χ1) is 13.9. The highest BCUT2D eigenvalue weighted by molar-refractivity contribution is 8.00. The number of thioether (sulfide) groups is 1. The number of carbonyl (C=O) groups is 3. The highest BCUT2D eigenvalue weighted by atomic mass is 32.2. The van der Waals surface area contributed by atoms with Gasteiger partial charge in [-0.2, -0.15) is 0 Å². The van der Waals surface area contributed by atoms with Crippen molar-refractivity contribution in [1.29, 1.82) is 0 Å². The molecule has 1 N–H and O–H groups in total. The molecule has 6 nitrogen and oxygen atoms in total. The second kappa shape index (κ2) is 11.2. The molecule has 0 unspecified atom stereocenters. The van der Waals surface area contributed by atoms with Crippen molar-refractivity contribution in [2.75, 3.05) is 33.0 Å². The summed E-state index contributed by atoms with van der Waals surface area (Å²) in [5, 5.41) is 2.65. The van der Waals surface area contributed by atoms with Crippen LogP contribution in [0.25, 0.3) is 0 Å². The third-order valence-corrected chi connectivity index (χ3v) is 5.00. The number of nitrogens with zero attached hydrogens (tertiary/aromatic N) is 1. The summed E-state index contributed by atoms with van der Waals surface area (Å²) in [5.74, 6) is -1.23. The normalized spacial score (nSPS) is 10.3. The van der Waals surface area contributed by atoms with Gasteiger partial charge in [-0.3, -0.25) is 9.59 Å². The van der Waals surface area contributed by atoms with Crippen molar-refractivity contribution >= 4 is 29.5 Å². The molecule has 0 saturated carbocycles. The van der Waals surface area contributed by atoms with E-state index in [0.717, 1.165) is 5.56 Å². The van der Waals surface area contributed by atoms with Gasteiger partial charge in [0.25, 0.3) is 5.91 Å². The summed E-state index contributed by atoms with van der Waals surface area (Å²) in [6.07, 6.45) is 0.541. The minimum atomic E-state index is -0.626. The number of amides is 2. The van der Waals surface area contributed by atoms with Gasteiger partial charge in [0, 0.05) is 25.5 Å². The summed E-state index contributed by atoms with van der Waals surface area (Å²) in [6.45, 7) is -0.0566. The predicted molar refractivity (Wildman–Crippen MR) is 109 cm³/mol. The molecule has 8 heteroatoms. The van der Waals surface area contributed by atoms with Crippen LogP contribution < -0.4 is 5.32 Å². The number of benzene rings is 2. The number of hydrogen-bond acceptors (Lipinski definition) is 5. The highest BCUT2D eigenvalue weighted by Gasteiger charge is 2.16. The molecule has 0 radical (unpaired) electrons. The van der Waals surface area contributed by atoms with Gasteiger partial charge in [-0.05, 0) is 36.2 Å². The van der Waals surface area contributed by atoms with E-state index in [1.807, 2.05) is 0 Å². The number of rotatable bonds is 9. The standard InChI is InChI=1S/C21H23FN2O4S/c1-24(2)20(26)14-29-18-6-4-3-5-17(18)21(27)28-13-19(25)23-12-11-15-7-9-16(22)10-8-15/h3-10H,11-14H2,1-2H3,(H,23,25). The van der Waals surface area contributed by atoms with Crippen molar-refractivity contribution < 1.29 is 23.5 Å². The van der Waals surface area contributed by atoms with Gasteiger partial charge in [0.2, 0.25) is 5.91 Å². The van der Waals surface area contributed by atoms with Crippen LogP contribution >= 0.6 is 11.8 Å². The van der Waals surface area contributed by atoms with Crippen molar-refractivity contribution in [1.82, 2.24) is 10.2 Å². The van der Waals surface area contributed by atoms with Crippen LogP contribution in [0.4, 0.5) is 4.39 Å². The van der Waals surface area contributed by atoms with Crippen molar-refractivity contribution in [3.8, 4) is 0 Å². The first kappa shape index (κ1) is 22.4. The minimum Gasteiger partial charge on any atom is -0.452 e. The number of hydrogen-bond donors (Lipinski definition) is 1. The molecule has 0 fully saturated rings. The molecule has 0 heterocycles. The number of halogens is 1. The first-order valence-corrected chi connectivity index (χ1v) is 9.95. The molecule has 2 aromatic rings. The average molecular weight is 418 g/mol. The predicted octanol–water partition coefficient (Wildman–Crippen LogP) is 2.52. The molecule has 0 aliphatic rings. The van der Waals surface area contributed by atoms with E-state index >= 15 is 0 Å². The quantitative estimate of drug-likeness (QED) is 0.500. The van der Waals surface area contributed by atoms with Crippen LogP contribution in [0.15, 0.2) is 53.4 Å². The Labute approximate surface area is 173 Å². The lowest BCUT2D eigenvalue weighted by Gasteiger charge is -2.12.